The molecule has 0 aromatic heterocycles. The smallest absolute Gasteiger partial charge is 0.0564 e. The van der Waals surface area contributed by atoms with Gasteiger partial charge in [-0.1, -0.05) is 99.2 Å². The van der Waals surface area contributed by atoms with Gasteiger partial charge in [0.1, 0.15) is 0 Å². The van der Waals surface area contributed by atoms with E-state index in [4.69, 9.17) is 0 Å². The Morgan fingerprint density at radius 2 is 0.968 bits per heavy atom. The van der Waals surface area contributed by atoms with Crippen LogP contribution in [0.2, 0.25) is 0 Å². The third-order valence-corrected chi connectivity index (χ3v) is 18.9. The molecule has 0 bridgehead atoms. The van der Waals surface area contributed by atoms with Crippen LogP contribution in [0.25, 0.3) is 0 Å². The van der Waals surface area contributed by atoms with Crippen molar-refractivity contribution in [2.24, 2.45) is 0 Å². The van der Waals surface area contributed by atoms with Crippen LogP contribution in [0.5, 0.6) is 0 Å². The minimum Gasteiger partial charge on any atom is -0.340 e. The molecule has 2 unspecified atom stereocenters. The van der Waals surface area contributed by atoms with Crippen LogP contribution in [0, 0.1) is 0 Å². The van der Waals surface area contributed by atoms with Gasteiger partial charge >= 0.3 is 0 Å². The van der Waals surface area contributed by atoms with Crippen molar-refractivity contribution in [1.29, 1.82) is 0 Å². The van der Waals surface area contributed by atoms with E-state index in [1.165, 1.54) is 181 Å². The normalized spacial score (nSPS) is 21.6. The predicted molar refractivity (Wildman–Crippen MR) is 285 cm³/mol. The maximum absolute atomic E-state index is 4.36. The number of piperidine rings is 2. The lowest BCUT2D eigenvalue weighted by molar-refractivity contribution is 0.178. The summed E-state index contributed by atoms with van der Waals surface area (Å²) in [6.45, 7) is 4.72. The highest BCUT2D eigenvalue weighted by molar-refractivity contribution is 8.00. The van der Waals surface area contributed by atoms with E-state index in [0.29, 0.717) is 0 Å². The summed E-state index contributed by atoms with van der Waals surface area (Å²) in [5.41, 5.74) is 5.58. The van der Waals surface area contributed by atoms with E-state index in [1.807, 2.05) is 35.3 Å². The van der Waals surface area contributed by atoms with Gasteiger partial charge in [0.2, 0.25) is 0 Å². The van der Waals surface area contributed by atoms with E-state index in [1.54, 1.807) is 0 Å². The monoisotopic (exact) mass is 960 g/mol. The van der Waals surface area contributed by atoms with Gasteiger partial charge in [-0.15, -0.1) is 35.9 Å². The summed E-state index contributed by atoms with van der Waals surface area (Å²) in [5.74, 6) is 0. The van der Waals surface area contributed by atoms with Crippen molar-refractivity contribution in [2.45, 2.75) is 168 Å². The number of fused-ring (bicyclic) bond motifs is 4. The fourth-order valence-electron chi connectivity index (χ4n) is 10.3. The predicted octanol–water partition coefficient (Wildman–Crippen LogP) is 16.1. The molecule has 4 fully saturated rings. The molecular weight excluding hydrogens is 888 g/mol. The number of rotatable bonds is 9. The van der Waals surface area contributed by atoms with Crippen LogP contribution >= 0.6 is 72.1 Å². The van der Waals surface area contributed by atoms with Crippen LogP contribution in [0.3, 0.4) is 0 Å². The lowest BCUT2D eigenvalue weighted by Gasteiger charge is -2.37. The van der Waals surface area contributed by atoms with E-state index < -0.39 is 0 Å². The number of para-hydroxylation sites is 2. The molecule has 2 saturated heterocycles. The van der Waals surface area contributed by atoms with Crippen molar-refractivity contribution in [3.05, 3.63) is 84.9 Å². The van der Waals surface area contributed by atoms with Crippen LogP contribution < -0.4 is 9.80 Å². The largest absolute Gasteiger partial charge is 0.340 e. The number of likely N-dealkylation sites (tertiary alicyclic amines) is 2. The molecule has 4 nitrogen and oxygen atoms in total. The van der Waals surface area contributed by atoms with Gasteiger partial charge in [-0.25, -0.2) is 0 Å². The highest BCUT2D eigenvalue weighted by Crippen LogP contribution is 2.51. The molecule has 2 atom stereocenters. The first kappa shape index (κ1) is 49.3. The number of thioether (sulfide) groups is 2. The van der Waals surface area contributed by atoms with E-state index in [2.05, 4.69) is 149 Å². The Morgan fingerprint density at radius 3 is 1.44 bits per heavy atom. The number of halogens is 1. The van der Waals surface area contributed by atoms with Crippen molar-refractivity contribution in [3.63, 3.8) is 0 Å². The van der Waals surface area contributed by atoms with Gasteiger partial charge in [-0.2, -0.15) is 12.6 Å². The highest BCUT2D eigenvalue weighted by atomic mass is 35.5. The van der Waals surface area contributed by atoms with Gasteiger partial charge in [-0.05, 0) is 158 Å². The van der Waals surface area contributed by atoms with Gasteiger partial charge in [0, 0.05) is 65.0 Å². The number of thiol groups is 1. The molecule has 10 heteroatoms. The lowest BCUT2D eigenvalue weighted by Crippen LogP contribution is -2.38. The molecular formula is C53H73ClN4S5. The van der Waals surface area contributed by atoms with Crippen molar-refractivity contribution < 1.29 is 0 Å². The standard InChI is InChI=1S/C26H34N2S2.C21H26N2S2.C6H12S.ClH/c1-27-17-8-7-9-20(27)16-18-28-23-12-5-6-13-25(23)30-26-15-14-22(19-24(26)28)29-21-10-3-2-4-11-21;1-22-13-6-5-7-16(22)12-14-23-18-8-3-4-9-20(18)25-21-11-10-17(24-2)15-19(21)23;7-6-4-2-1-3-5-6;/h5-6,12-15,19-21H,2-4,7-11,16-18H2,1H3;3-4,8-11,15-16H,5-7,12-14H2,1-2H3;6-7H,1-5H2;1H. The Labute approximate surface area is 410 Å². The Kier molecular flexibility index (Phi) is 19.6. The maximum Gasteiger partial charge on any atom is 0.0564 e. The van der Waals surface area contributed by atoms with Crippen molar-refractivity contribution >= 4 is 94.8 Å². The van der Waals surface area contributed by atoms with Crippen LogP contribution in [0.15, 0.2) is 114 Å². The molecule has 4 aliphatic heterocycles. The second-order valence-corrected chi connectivity index (χ2v) is 23.6. The average Bonchev–Trinajstić information content (AvgIpc) is 3.31. The number of benzene rings is 4. The topological polar surface area (TPSA) is 13.0 Å². The SMILES string of the molecule is CN1CCCCC1CCN1c2ccccc2Sc2ccc(SC3CCCCC3)cc21.CSc1ccc2c(c1)N(CCC1CCCCN1C)c1ccccc1S2.Cl.SC1CCCCC1. The Hall–Kier alpha value is -1.56. The first-order valence-electron chi connectivity index (χ1n) is 24.1. The van der Waals surface area contributed by atoms with Crippen LogP contribution in [-0.4, -0.2) is 78.9 Å². The van der Waals surface area contributed by atoms with Gasteiger partial charge in [0.25, 0.3) is 0 Å². The summed E-state index contributed by atoms with van der Waals surface area (Å²) >= 11 is 12.2. The molecule has 63 heavy (non-hydrogen) atoms. The van der Waals surface area contributed by atoms with Crippen molar-refractivity contribution in [1.82, 2.24) is 9.80 Å². The van der Waals surface area contributed by atoms with Crippen molar-refractivity contribution in [2.75, 3.05) is 56.3 Å². The fraction of sp³-hybridized carbons (Fsp3) is 0.547. The number of nitrogens with zero attached hydrogens (tertiary/aromatic N) is 4. The highest BCUT2D eigenvalue weighted by Gasteiger charge is 2.28. The molecule has 4 aromatic carbocycles. The van der Waals surface area contributed by atoms with Gasteiger partial charge < -0.3 is 19.6 Å². The summed E-state index contributed by atoms with van der Waals surface area (Å²) < 4.78 is 0. The summed E-state index contributed by atoms with van der Waals surface area (Å²) in [6, 6.07) is 33.4. The number of anilines is 4. The lowest BCUT2D eigenvalue weighted by atomic mass is 9.99. The fourth-order valence-corrected chi connectivity index (χ4v) is 14.6. The summed E-state index contributed by atoms with van der Waals surface area (Å²) in [4.78, 5) is 18.7. The minimum atomic E-state index is 0. The summed E-state index contributed by atoms with van der Waals surface area (Å²) in [7, 11) is 4.61. The molecule has 2 aliphatic carbocycles. The molecule has 4 heterocycles. The van der Waals surface area contributed by atoms with Crippen LogP contribution in [0.4, 0.5) is 22.7 Å². The average molecular weight is 962 g/mol. The minimum absolute atomic E-state index is 0. The van der Waals surface area contributed by atoms with Gasteiger partial charge in [0.05, 0.1) is 22.7 Å². The third kappa shape index (κ3) is 13.3. The Bertz CT molecular complexity index is 2020. The first-order chi connectivity index (χ1) is 30.4. The summed E-state index contributed by atoms with van der Waals surface area (Å²) in [6.07, 6.45) is 26.8. The molecule has 2 saturated carbocycles. The third-order valence-electron chi connectivity index (χ3n) is 14.1. The zero-order chi connectivity index (χ0) is 42.7. The maximum atomic E-state index is 4.36. The quantitative estimate of drug-likeness (QED) is 0.130. The van der Waals surface area contributed by atoms with Gasteiger partial charge in [0.15, 0.2) is 0 Å². The molecule has 0 spiro atoms. The van der Waals surface area contributed by atoms with E-state index in [9.17, 15) is 0 Å². The van der Waals surface area contributed by atoms with E-state index >= 15 is 0 Å². The molecule has 6 aliphatic rings. The molecule has 10 rings (SSSR count). The first-order valence-corrected chi connectivity index (χ1v) is 28.3. The molecule has 0 amide bonds. The molecule has 4 aromatic rings. The zero-order valence-electron chi connectivity index (χ0n) is 38.2. The summed E-state index contributed by atoms with van der Waals surface area (Å²) in [5, 5.41) is 1.54. The molecule has 342 valence electrons. The number of hydrogen-bond acceptors (Lipinski definition) is 9. The van der Waals surface area contributed by atoms with Gasteiger partial charge in [-0.3, -0.25) is 0 Å². The van der Waals surface area contributed by atoms with Crippen molar-refractivity contribution in [3.8, 4) is 0 Å². The Balaban J connectivity index is 0.000000163. The molecule has 0 N–H and O–H groups in total. The second kappa shape index (κ2) is 25.0. The second-order valence-electron chi connectivity index (χ2n) is 18.4. The van der Waals surface area contributed by atoms with E-state index in [-0.39, 0.29) is 12.4 Å². The van der Waals surface area contributed by atoms with Crippen LogP contribution in [0.1, 0.15) is 116 Å². The number of hydrogen-bond donors (Lipinski definition) is 1. The van der Waals surface area contributed by atoms with E-state index in [0.717, 1.165) is 35.7 Å². The van der Waals surface area contributed by atoms with Crippen LogP contribution in [-0.2, 0) is 0 Å². The Morgan fingerprint density at radius 1 is 0.524 bits per heavy atom. The zero-order valence-corrected chi connectivity index (χ0v) is 43.2. The molecule has 0 radical (unpaired) electrons.